The molecule has 0 aliphatic heterocycles. The normalized spacial score (nSPS) is 12.9. The van der Waals surface area contributed by atoms with Crippen molar-refractivity contribution in [3.8, 4) is 0 Å². The smallest absolute Gasteiger partial charge is 0.382 e. The average Bonchev–Trinajstić information content (AvgIpc) is 2.69. The molecule has 0 saturated heterocycles. The fourth-order valence-corrected chi connectivity index (χ4v) is 2.69. The number of unbranched alkanes of at least 4 members (excludes halogenated alkanes) is 1. The van der Waals surface area contributed by atoms with Gasteiger partial charge in [0.05, 0.1) is 18.8 Å². The van der Waals surface area contributed by atoms with E-state index in [0.29, 0.717) is 44.9 Å². The molecule has 0 radical (unpaired) electrons. The number of benzene rings is 1. The van der Waals surface area contributed by atoms with Gasteiger partial charge >= 0.3 is 6.18 Å². The van der Waals surface area contributed by atoms with Gasteiger partial charge < -0.3 is 20.1 Å². The van der Waals surface area contributed by atoms with Crippen LogP contribution in [-0.2, 0) is 15.7 Å². The van der Waals surface area contributed by atoms with Crippen LogP contribution in [0.5, 0.6) is 0 Å². The second-order valence-corrected chi connectivity index (χ2v) is 6.81. The third-order valence-corrected chi connectivity index (χ3v) is 4.40. The van der Waals surface area contributed by atoms with E-state index < -0.39 is 11.7 Å². The van der Waals surface area contributed by atoms with E-state index in [-0.39, 0.29) is 29.9 Å². The lowest BCUT2D eigenvalue weighted by molar-refractivity contribution is -0.137. The monoisotopic (exact) mass is 545 g/mol. The van der Waals surface area contributed by atoms with Crippen molar-refractivity contribution in [2.75, 3.05) is 46.6 Å². The van der Waals surface area contributed by atoms with Crippen LogP contribution in [0.4, 0.5) is 13.2 Å². The van der Waals surface area contributed by atoms with Crippen LogP contribution in [0.25, 0.3) is 0 Å². The summed E-state index contributed by atoms with van der Waals surface area (Å²) < 4.78 is 49.0. The number of guanidine groups is 1. The molecule has 0 amide bonds. The Labute approximate surface area is 195 Å². The number of alkyl halides is 3. The van der Waals surface area contributed by atoms with E-state index in [0.717, 1.165) is 31.4 Å². The highest BCUT2D eigenvalue weighted by Gasteiger charge is 2.30. The Morgan fingerprint density at radius 1 is 1.13 bits per heavy atom. The van der Waals surface area contributed by atoms with Gasteiger partial charge in [0.2, 0.25) is 0 Å². The van der Waals surface area contributed by atoms with Crippen molar-refractivity contribution in [3.05, 3.63) is 35.4 Å². The van der Waals surface area contributed by atoms with Crippen LogP contribution in [0.2, 0.25) is 0 Å². The Morgan fingerprint density at radius 3 is 2.57 bits per heavy atom. The van der Waals surface area contributed by atoms with Crippen molar-refractivity contribution >= 4 is 29.9 Å². The lowest BCUT2D eigenvalue weighted by Gasteiger charge is -2.16. The summed E-state index contributed by atoms with van der Waals surface area (Å²) >= 11 is 0. The number of aliphatic imine (C=N–C) groups is 1. The van der Waals surface area contributed by atoms with Crippen LogP contribution in [-0.4, -0.2) is 52.5 Å². The van der Waals surface area contributed by atoms with Crippen molar-refractivity contribution in [2.45, 2.75) is 45.2 Å². The second kappa shape index (κ2) is 16.6. The highest BCUT2D eigenvalue weighted by atomic mass is 127. The highest BCUT2D eigenvalue weighted by molar-refractivity contribution is 14.0. The van der Waals surface area contributed by atoms with Crippen molar-refractivity contribution < 1.29 is 22.6 Å². The summed E-state index contributed by atoms with van der Waals surface area (Å²) in [6.07, 6.45) is -1.75. The molecule has 0 bridgehead atoms. The Kier molecular flexibility index (Phi) is 16.0. The molecule has 0 aliphatic rings. The number of nitrogens with one attached hydrogen (secondary N) is 2. The average molecular weight is 545 g/mol. The molecule has 1 unspecified atom stereocenters. The molecule has 0 heterocycles. The van der Waals surface area contributed by atoms with E-state index in [1.54, 1.807) is 13.2 Å². The number of methoxy groups -OCH3 is 1. The SMILES string of the molecule is CCNC(=NCCCCOCCOC)NCCC(C)c1cccc(C(F)(F)F)c1.I. The van der Waals surface area contributed by atoms with Gasteiger partial charge in [0, 0.05) is 33.4 Å². The maximum absolute atomic E-state index is 12.9. The molecule has 0 fully saturated rings. The molecule has 0 saturated carbocycles. The summed E-state index contributed by atoms with van der Waals surface area (Å²) in [5.74, 6) is 0.737. The fourth-order valence-electron chi connectivity index (χ4n) is 2.69. The van der Waals surface area contributed by atoms with Crippen LogP contribution >= 0.6 is 24.0 Å². The predicted octanol–water partition coefficient (Wildman–Crippen LogP) is 4.82. The zero-order valence-electron chi connectivity index (χ0n) is 18.1. The van der Waals surface area contributed by atoms with Gasteiger partial charge in [0.25, 0.3) is 0 Å². The molecule has 0 spiro atoms. The lowest BCUT2D eigenvalue weighted by atomic mass is 9.96. The third-order valence-electron chi connectivity index (χ3n) is 4.40. The number of hydrogen-bond acceptors (Lipinski definition) is 3. The Balaban J connectivity index is 0.00000841. The van der Waals surface area contributed by atoms with Crippen molar-refractivity contribution in [2.24, 2.45) is 4.99 Å². The van der Waals surface area contributed by atoms with Gasteiger partial charge in [-0.25, -0.2) is 0 Å². The number of ether oxygens (including phenoxy) is 2. The van der Waals surface area contributed by atoms with Crippen molar-refractivity contribution in [3.63, 3.8) is 0 Å². The van der Waals surface area contributed by atoms with Gasteiger partial charge in [-0.3, -0.25) is 4.99 Å². The van der Waals surface area contributed by atoms with Crippen molar-refractivity contribution in [1.82, 2.24) is 10.6 Å². The number of halogens is 4. The first kappa shape index (κ1) is 28.9. The van der Waals surface area contributed by atoms with Gasteiger partial charge in [-0.05, 0) is 43.7 Å². The Bertz CT molecular complexity index is 601. The largest absolute Gasteiger partial charge is 0.416 e. The quantitative estimate of drug-likeness (QED) is 0.162. The third kappa shape index (κ3) is 12.6. The predicted molar refractivity (Wildman–Crippen MR) is 126 cm³/mol. The first-order chi connectivity index (χ1) is 13.9. The molecule has 5 nitrogen and oxygen atoms in total. The highest BCUT2D eigenvalue weighted by Crippen LogP contribution is 2.31. The zero-order chi connectivity index (χ0) is 21.5. The van der Waals surface area contributed by atoms with Gasteiger partial charge in [0.15, 0.2) is 5.96 Å². The lowest BCUT2D eigenvalue weighted by Crippen LogP contribution is -2.38. The van der Waals surface area contributed by atoms with E-state index in [1.165, 1.54) is 12.1 Å². The van der Waals surface area contributed by atoms with Gasteiger partial charge in [0.1, 0.15) is 0 Å². The first-order valence-electron chi connectivity index (χ1n) is 10.1. The first-order valence-corrected chi connectivity index (χ1v) is 10.1. The summed E-state index contributed by atoms with van der Waals surface area (Å²) in [7, 11) is 1.65. The molecule has 1 rings (SSSR count). The van der Waals surface area contributed by atoms with E-state index in [1.807, 2.05) is 13.8 Å². The molecular formula is C21H35F3IN3O2. The van der Waals surface area contributed by atoms with Crippen LogP contribution in [0.15, 0.2) is 29.3 Å². The summed E-state index contributed by atoms with van der Waals surface area (Å²) in [5.41, 5.74) is 0.0907. The molecule has 2 N–H and O–H groups in total. The standard InChI is InChI=1S/C21H34F3N3O2.HI/c1-4-25-20(26-11-5-6-13-29-15-14-28-3)27-12-10-17(2)18-8-7-9-19(16-18)21(22,23)24;/h7-9,16-17H,4-6,10-15H2,1-3H3,(H2,25,26,27);1H. The number of nitrogens with zero attached hydrogens (tertiary/aromatic N) is 1. The van der Waals surface area contributed by atoms with Crippen LogP contribution in [0.3, 0.4) is 0 Å². The maximum atomic E-state index is 12.9. The van der Waals surface area contributed by atoms with Gasteiger partial charge in [-0.1, -0.05) is 25.1 Å². The summed E-state index contributed by atoms with van der Waals surface area (Å²) in [6, 6.07) is 5.55. The van der Waals surface area contributed by atoms with Crippen LogP contribution in [0, 0.1) is 0 Å². The van der Waals surface area contributed by atoms with Crippen molar-refractivity contribution in [1.29, 1.82) is 0 Å². The van der Waals surface area contributed by atoms with E-state index in [9.17, 15) is 13.2 Å². The van der Waals surface area contributed by atoms with E-state index in [4.69, 9.17) is 9.47 Å². The fraction of sp³-hybridized carbons (Fsp3) is 0.667. The Morgan fingerprint density at radius 2 is 1.90 bits per heavy atom. The molecule has 174 valence electrons. The molecule has 9 heteroatoms. The van der Waals surface area contributed by atoms with E-state index >= 15 is 0 Å². The molecule has 0 aromatic heterocycles. The summed E-state index contributed by atoms with van der Waals surface area (Å²) in [4.78, 5) is 4.53. The van der Waals surface area contributed by atoms with Crippen LogP contribution < -0.4 is 10.6 Å². The molecular weight excluding hydrogens is 510 g/mol. The summed E-state index contributed by atoms with van der Waals surface area (Å²) in [5, 5.41) is 6.44. The molecule has 0 aliphatic carbocycles. The minimum Gasteiger partial charge on any atom is -0.382 e. The second-order valence-electron chi connectivity index (χ2n) is 6.81. The molecule has 1 aromatic rings. The molecule has 30 heavy (non-hydrogen) atoms. The topological polar surface area (TPSA) is 54.9 Å². The zero-order valence-corrected chi connectivity index (χ0v) is 20.4. The Hall–Kier alpha value is -1.07. The van der Waals surface area contributed by atoms with Crippen LogP contribution in [0.1, 0.15) is 50.2 Å². The van der Waals surface area contributed by atoms with E-state index in [2.05, 4.69) is 15.6 Å². The van der Waals surface area contributed by atoms with Gasteiger partial charge in [-0.15, -0.1) is 24.0 Å². The number of rotatable bonds is 13. The molecule has 1 aromatic carbocycles. The minimum atomic E-state index is -4.31. The van der Waals surface area contributed by atoms with Gasteiger partial charge in [-0.2, -0.15) is 13.2 Å². The number of hydrogen-bond donors (Lipinski definition) is 2. The maximum Gasteiger partial charge on any atom is 0.416 e. The molecule has 1 atom stereocenters. The summed E-state index contributed by atoms with van der Waals surface area (Å²) in [6.45, 7) is 7.89. The minimum absolute atomic E-state index is 0.